The van der Waals surface area contributed by atoms with E-state index in [0.717, 1.165) is 18.0 Å². The third kappa shape index (κ3) is 2.37. The number of aromatic nitrogens is 1. The van der Waals surface area contributed by atoms with Crippen molar-refractivity contribution in [1.29, 1.82) is 0 Å². The molecule has 1 aromatic rings. The van der Waals surface area contributed by atoms with Gasteiger partial charge in [-0.1, -0.05) is 5.16 Å². The summed E-state index contributed by atoms with van der Waals surface area (Å²) in [5.74, 6) is 0.884. The minimum atomic E-state index is 0. The Labute approximate surface area is 66.2 Å². The molecular formula is C6H11ClN2O. The van der Waals surface area contributed by atoms with E-state index in [4.69, 9.17) is 4.52 Å². The van der Waals surface area contributed by atoms with Gasteiger partial charge in [0.15, 0.2) is 5.76 Å². The standard InChI is InChI=1S/C6H10N2O.ClH/c1-5-3-6(4-7-2)9-8-5;/h3,7H,4H2,1-2H3;1H. The highest BCUT2D eigenvalue weighted by atomic mass is 35.5. The van der Waals surface area contributed by atoms with Crippen molar-refractivity contribution in [1.82, 2.24) is 10.5 Å². The van der Waals surface area contributed by atoms with E-state index in [1.54, 1.807) is 0 Å². The molecule has 10 heavy (non-hydrogen) atoms. The summed E-state index contributed by atoms with van der Waals surface area (Å²) in [6.07, 6.45) is 0. The number of nitrogens with one attached hydrogen (secondary N) is 1. The van der Waals surface area contributed by atoms with Crippen LogP contribution < -0.4 is 5.32 Å². The highest BCUT2D eigenvalue weighted by molar-refractivity contribution is 5.85. The van der Waals surface area contributed by atoms with Crippen LogP contribution in [0, 0.1) is 6.92 Å². The number of aryl methyl sites for hydroxylation is 1. The largest absolute Gasteiger partial charge is 0.360 e. The maximum atomic E-state index is 4.89. The maximum absolute atomic E-state index is 4.89. The molecule has 0 bridgehead atoms. The summed E-state index contributed by atoms with van der Waals surface area (Å²) in [7, 11) is 1.87. The summed E-state index contributed by atoms with van der Waals surface area (Å²) in [6, 6.07) is 1.91. The lowest BCUT2D eigenvalue weighted by molar-refractivity contribution is 0.373. The quantitative estimate of drug-likeness (QED) is 0.709. The predicted molar refractivity (Wildman–Crippen MR) is 41.3 cm³/mol. The van der Waals surface area contributed by atoms with E-state index in [1.807, 2.05) is 20.0 Å². The fraction of sp³-hybridized carbons (Fsp3) is 0.500. The first kappa shape index (κ1) is 9.46. The number of nitrogens with zero attached hydrogens (tertiary/aromatic N) is 1. The van der Waals surface area contributed by atoms with Gasteiger partial charge in [0.25, 0.3) is 0 Å². The Kier molecular flexibility index (Phi) is 4.07. The van der Waals surface area contributed by atoms with E-state index < -0.39 is 0 Å². The first-order valence-electron chi connectivity index (χ1n) is 2.89. The van der Waals surface area contributed by atoms with E-state index in [2.05, 4.69) is 10.5 Å². The zero-order valence-corrected chi connectivity index (χ0v) is 6.86. The molecule has 4 heteroatoms. The van der Waals surface area contributed by atoms with Crippen LogP contribution in [-0.2, 0) is 6.54 Å². The molecule has 3 nitrogen and oxygen atoms in total. The molecule has 0 radical (unpaired) electrons. The summed E-state index contributed by atoms with van der Waals surface area (Å²) < 4.78 is 4.89. The fourth-order valence-corrected chi connectivity index (χ4v) is 0.674. The Morgan fingerprint density at radius 3 is 2.80 bits per heavy atom. The lowest BCUT2D eigenvalue weighted by atomic mass is 10.4. The Bertz CT molecular complexity index is 188. The number of rotatable bonds is 2. The Hall–Kier alpha value is -0.540. The van der Waals surface area contributed by atoms with Crippen molar-refractivity contribution in [2.75, 3.05) is 7.05 Å². The van der Waals surface area contributed by atoms with Crippen molar-refractivity contribution in [2.45, 2.75) is 13.5 Å². The van der Waals surface area contributed by atoms with Crippen molar-refractivity contribution in [2.24, 2.45) is 0 Å². The summed E-state index contributed by atoms with van der Waals surface area (Å²) in [5, 5.41) is 6.68. The molecule has 58 valence electrons. The van der Waals surface area contributed by atoms with E-state index in [0.29, 0.717) is 0 Å². The van der Waals surface area contributed by atoms with Gasteiger partial charge in [-0.05, 0) is 14.0 Å². The van der Waals surface area contributed by atoms with Crippen LogP contribution in [0.5, 0.6) is 0 Å². The second-order valence-electron chi connectivity index (χ2n) is 1.96. The third-order valence-corrected chi connectivity index (χ3v) is 1.03. The molecule has 0 aliphatic rings. The van der Waals surface area contributed by atoms with Crippen molar-refractivity contribution in [3.63, 3.8) is 0 Å². The first-order valence-corrected chi connectivity index (χ1v) is 2.89. The van der Waals surface area contributed by atoms with Gasteiger partial charge >= 0.3 is 0 Å². The lowest BCUT2D eigenvalue weighted by Crippen LogP contribution is -2.03. The molecule has 0 fully saturated rings. The molecule has 0 atom stereocenters. The Balaban J connectivity index is 0.000000810. The SMILES string of the molecule is CNCc1cc(C)no1.Cl. The van der Waals surface area contributed by atoms with E-state index in [-0.39, 0.29) is 12.4 Å². The molecule has 0 unspecified atom stereocenters. The lowest BCUT2D eigenvalue weighted by Gasteiger charge is -1.87. The van der Waals surface area contributed by atoms with Crippen LogP contribution in [0.3, 0.4) is 0 Å². The van der Waals surface area contributed by atoms with Gasteiger partial charge in [0.1, 0.15) is 0 Å². The van der Waals surface area contributed by atoms with Crippen molar-refractivity contribution < 1.29 is 4.52 Å². The second kappa shape index (κ2) is 4.30. The molecule has 0 spiro atoms. The molecule has 0 aromatic carbocycles. The maximum Gasteiger partial charge on any atom is 0.150 e. The van der Waals surface area contributed by atoms with Gasteiger partial charge in [-0.2, -0.15) is 0 Å². The van der Waals surface area contributed by atoms with Crippen LogP contribution in [0.15, 0.2) is 10.6 Å². The van der Waals surface area contributed by atoms with Crippen molar-refractivity contribution in [3.8, 4) is 0 Å². The normalized spacial score (nSPS) is 9.00. The number of halogens is 1. The van der Waals surface area contributed by atoms with Crippen LogP contribution in [0.4, 0.5) is 0 Å². The van der Waals surface area contributed by atoms with Gasteiger partial charge in [-0.25, -0.2) is 0 Å². The Morgan fingerprint density at radius 1 is 1.70 bits per heavy atom. The van der Waals surface area contributed by atoms with Gasteiger partial charge in [0.05, 0.1) is 12.2 Å². The highest BCUT2D eigenvalue weighted by Gasteiger charge is 1.95. The summed E-state index contributed by atoms with van der Waals surface area (Å²) >= 11 is 0. The van der Waals surface area contributed by atoms with Crippen LogP contribution in [-0.4, -0.2) is 12.2 Å². The van der Waals surface area contributed by atoms with E-state index in [9.17, 15) is 0 Å². The summed E-state index contributed by atoms with van der Waals surface area (Å²) in [5.41, 5.74) is 0.931. The first-order chi connectivity index (χ1) is 4.33. The third-order valence-electron chi connectivity index (χ3n) is 1.03. The zero-order valence-electron chi connectivity index (χ0n) is 6.05. The van der Waals surface area contributed by atoms with Gasteiger partial charge in [0.2, 0.25) is 0 Å². The summed E-state index contributed by atoms with van der Waals surface area (Å²) in [4.78, 5) is 0. The average molecular weight is 163 g/mol. The molecule has 0 aliphatic heterocycles. The van der Waals surface area contributed by atoms with Gasteiger partial charge < -0.3 is 9.84 Å². The summed E-state index contributed by atoms with van der Waals surface area (Å²) in [6.45, 7) is 2.66. The molecule has 0 aliphatic carbocycles. The molecule has 0 saturated carbocycles. The van der Waals surface area contributed by atoms with Crippen molar-refractivity contribution in [3.05, 3.63) is 17.5 Å². The second-order valence-corrected chi connectivity index (χ2v) is 1.96. The molecule has 1 aromatic heterocycles. The molecular weight excluding hydrogens is 152 g/mol. The van der Waals surface area contributed by atoms with Crippen LogP contribution in [0.1, 0.15) is 11.5 Å². The van der Waals surface area contributed by atoms with Crippen LogP contribution in [0.25, 0.3) is 0 Å². The van der Waals surface area contributed by atoms with Crippen LogP contribution >= 0.6 is 12.4 Å². The smallest absolute Gasteiger partial charge is 0.150 e. The van der Waals surface area contributed by atoms with Gasteiger partial charge in [-0.3, -0.25) is 0 Å². The number of hydrogen-bond donors (Lipinski definition) is 1. The fourth-order valence-electron chi connectivity index (χ4n) is 0.674. The van der Waals surface area contributed by atoms with Crippen LogP contribution in [0.2, 0.25) is 0 Å². The minimum Gasteiger partial charge on any atom is -0.360 e. The zero-order chi connectivity index (χ0) is 6.69. The number of hydrogen-bond acceptors (Lipinski definition) is 3. The van der Waals surface area contributed by atoms with Gasteiger partial charge in [-0.15, -0.1) is 12.4 Å². The predicted octanol–water partition coefficient (Wildman–Crippen LogP) is 1.12. The molecule has 0 saturated heterocycles. The van der Waals surface area contributed by atoms with E-state index in [1.165, 1.54) is 0 Å². The molecule has 0 amide bonds. The molecule has 1 rings (SSSR count). The van der Waals surface area contributed by atoms with E-state index >= 15 is 0 Å². The van der Waals surface area contributed by atoms with Crippen molar-refractivity contribution >= 4 is 12.4 Å². The Morgan fingerprint density at radius 2 is 2.40 bits per heavy atom. The molecule has 1 heterocycles. The van der Waals surface area contributed by atoms with Gasteiger partial charge in [0, 0.05) is 6.07 Å². The highest BCUT2D eigenvalue weighted by Crippen LogP contribution is 1.99. The average Bonchev–Trinajstić information content (AvgIpc) is 2.17. The molecule has 1 N–H and O–H groups in total. The minimum absolute atomic E-state index is 0. The topological polar surface area (TPSA) is 38.1 Å². The monoisotopic (exact) mass is 162 g/mol.